The monoisotopic (exact) mass is 427 g/mol. The topological polar surface area (TPSA) is 105 Å². The third-order valence-electron chi connectivity index (χ3n) is 5.50. The van der Waals surface area contributed by atoms with E-state index in [1.165, 1.54) is 6.07 Å². The zero-order valence-corrected chi connectivity index (χ0v) is 17.5. The molecule has 4 atom stereocenters. The molecule has 3 rings (SSSR count). The van der Waals surface area contributed by atoms with Crippen LogP contribution in [-0.4, -0.2) is 56.1 Å². The van der Waals surface area contributed by atoms with E-state index in [9.17, 15) is 22.4 Å². The Morgan fingerprint density at radius 1 is 1.45 bits per heavy atom. The molecule has 1 saturated heterocycles. The van der Waals surface area contributed by atoms with E-state index in [1.807, 2.05) is 6.92 Å². The number of aryl methyl sites for hydroxylation is 1. The van der Waals surface area contributed by atoms with E-state index in [0.29, 0.717) is 16.3 Å². The van der Waals surface area contributed by atoms with Gasteiger partial charge in [0.15, 0.2) is 0 Å². The van der Waals surface area contributed by atoms with Gasteiger partial charge < -0.3 is 15.4 Å². The Bertz CT molecular complexity index is 907. The molecule has 2 heterocycles. The Morgan fingerprint density at radius 2 is 2.17 bits per heavy atom. The van der Waals surface area contributed by atoms with Crippen LogP contribution in [0, 0.1) is 12.8 Å². The van der Waals surface area contributed by atoms with Gasteiger partial charge in [-0.3, -0.25) is 4.79 Å². The summed E-state index contributed by atoms with van der Waals surface area (Å²) in [6.45, 7) is 4.81. The number of nitrogens with zero attached hydrogens (tertiary/aromatic N) is 1. The van der Waals surface area contributed by atoms with Crippen LogP contribution in [0.4, 0.5) is 14.9 Å². The smallest absolute Gasteiger partial charge is 0.336 e. The Hall–Kier alpha value is -2.20. The number of nitrogens with one attached hydrogen (secondary N) is 2. The minimum Gasteiger partial charge on any atom is -0.376 e. The van der Waals surface area contributed by atoms with E-state index < -0.39 is 34.7 Å². The van der Waals surface area contributed by atoms with Crippen LogP contribution in [0.5, 0.6) is 0 Å². The molecule has 1 aromatic carbocycles. The molecule has 2 N–H and O–H groups in total. The van der Waals surface area contributed by atoms with Crippen molar-refractivity contribution in [1.82, 2.24) is 9.62 Å². The maximum atomic E-state index is 13.7. The van der Waals surface area contributed by atoms with Gasteiger partial charge in [0.05, 0.1) is 24.4 Å². The number of anilines is 1. The molecule has 1 fully saturated rings. The van der Waals surface area contributed by atoms with Crippen LogP contribution in [0.15, 0.2) is 23.1 Å². The molecule has 0 bridgehead atoms. The SMILES string of the molecule is CCC(F)CC1OC[C@@H](NC(=O)CN2C(=O)Nc3cccc(C)c3S2(=O)=O)C1C. The lowest BCUT2D eigenvalue weighted by Gasteiger charge is -2.29. The maximum absolute atomic E-state index is 13.7. The van der Waals surface area contributed by atoms with Gasteiger partial charge in [0.25, 0.3) is 10.0 Å². The third kappa shape index (κ3) is 4.23. The van der Waals surface area contributed by atoms with Gasteiger partial charge in [-0.25, -0.2) is 21.9 Å². The van der Waals surface area contributed by atoms with E-state index in [-0.39, 0.29) is 41.7 Å². The van der Waals surface area contributed by atoms with Crippen LogP contribution < -0.4 is 10.6 Å². The van der Waals surface area contributed by atoms with Crippen molar-refractivity contribution in [2.24, 2.45) is 5.92 Å². The maximum Gasteiger partial charge on any atom is 0.336 e. The third-order valence-corrected chi connectivity index (χ3v) is 7.44. The van der Waals surface area contributed by atoms with Crippen LogP contribution >= 0.6 is 0 Å². The van der Waals surface area contributed by atoms with Crippen molar-refractivity contribution in [2.45, 2.75) is 56.8 Å². The summed E-state index contributed by atoms with van der Waals surface area (Å²) in [5.41, 5.74) is 0.675. The molecule has 10 heteroatoms. The fraction of sp³-hybridized carbons (Fsp3) is 0.579. The molecule has 1 aromatic rings. The van der Waals surface area contributed by atoms with Gasteiger partial charge in [0, 0.05) is 12.3 Å². The number of urea groups is 1. The van der Waals surface area contributed by atoms with Gasteiger partial charge in [0.2, 0.25) is 5.91 Å². The van der Waals surface area contributed by atoms with Crippen LogP contribution in [-0.2, 0) is 19.6 Å². The number of alkyl halides is 1. The lowest BCUT2D eigenvalue weighted by Crippen LogP contribution is -2.51. The molecular weight excluding hydrogens is 401 g/mol. The number of halogens is 1. The van der Waals surface area contributed by atoms with Crippen molar-refractivity contribution >= 4 is 27.6 Å². The highest BCUT2D eigenvalue weighted by molar-refractivity contribution is 7.90. The van der Waals surface area contributed by atoms with Gasteiger partial charge in [-0.05, 0) is 25.0 Å². The highest BCUT2D eigenvalue weighted by Gasteiger charge is 2.40. The highest BCUT2D eigenvalue weighted by atomic mass is 32.2. The van der Waals surface area contributed by atoms with Crippen molar-refractivity contribution in [3.8, 4) is 0 Å². The second-order valence-corrected chi connectivity index (χ2v) is 9.34. The van der Waals surface area contributed by atoms with Crippen molar-refractivity contribution in [1.29, 1.82) is 0 Å². The summed E-state index contributed by atoms with van der Waals surface area (Å²) < 4.78 is 45.6. The van der Waals surface area contributed by atoms with Crippen molar-refractivity contribution < 1.29 is 27.1 Å². The Balaban J connectivity index is 1.68. The van der Waals surface area contributed by atoms with E-state index in [2.05, 4.69) is 10.6 Å². The Labute approximate surface area is 169 Å². The first-order valence-electron chi connectivity index (χ1n) is 9.63. The zero-order valence-electron chi connectivity index (χ0n) is 16.6. The van der Waals surface area contributed by atoms with Crippen molar-refractivity contribution in [3.63, 3.8) is 0 Å². The largest absolute Gasteiger partial charge is 0.376 e. The summed E-state index contributed by atoms with van der Waals surface area (Å²) in [6.07, 6.45) is -0.635. The molecule has 2 aliphatic rings. The standard InChI is InChI=1S/C19H26FN3O5S/c1-4-13(20)8-16-12(3)15(10-28-16)21-17(24)9-23-19(25)22-14-7-5-6-11(2)18(14)29(23,26)27/h5-7,12-13,15-16H,4,8-10H2,1-3H3,(H,21,24)(H,22,25)/t12?,13?,15-,16?/m1/s1. The van der Waals surface area contributed by atoms with Gasteiger partial charge in [-0.15, -0.1) is 0 Å². The number of hydrogen-bond donors (Lipinski definition) is 2. The van der Waals surface area contributed by atoms with Crippen LogP contribution in [0.2, 0.25) is 0 Å². The fourth-order valence-electron chi connectivity index (χ4n) is 3.69. The number of fused-ring (bicyclic) bond motifs is 1. The number of ether oxygens (including phenoxy) is 1. The molecule has 0 saturated carbocycles. The Kier molecular flexibility index (Phi) is 6.13. The fourth-order valence-corrected chi connectivity index (χ4v) is 5.34. The molecule has 0 aliphatic carbocycles. The van der Waals surface area contributed by atoms with Gasteiger partial charge in [-0.2, -0.15) is 0 Å². The van der Waals surface area contributed by atoms with Crippen LogP contribution in [0.3, 0.4) is 0 Å². The molecule has 0 spiro atoms. The average molecular weight is 427 g/mol. The number of rotatable bonds is 6. The average Bonchev–Trinajstić information content (AvgIpc) is 2.98. The number of carbonyl (C=O) groups is 2. The van der Waals surface area contributed by atoms with E-state index in [0.717, 1.165) is 0 Å². The van der Waals surface area contributed by atoms with E-state index in [1.54, 1.807) is 26.0 Å². The lowest BCUT2D eigenvalue weighted by molar-refractivity contribution is -0.121. The number of benzene rings is 1. The second-order valence-electron chi connectivity index (χ2n) is 7.54. The number of sulfonamides is 1. The zero-order chi connectivity index (χ0) is 21.3. The molecule has 3 unspecified atom stereocenters. The molecule has 160 valence electrons. The molecule has 0 aromatic heterocycles. The Morgan fingerprint density at radius 3 is 2.86 bits per heavy atom. The minimum atomic E-state index is -4.16. The molecule has 2 aliphatic heterocycles. The summed E-state index contributed by atoms with van der Waals surface area (Å²) in [5.74, 6) is -0.743. The first kappa shape index (κ1) is 21.5. The molecule has 0 radical (unpaired) electrons. The quantitative estimate of drug-likeness (QED) is 0.724. The van der Waals surface area contributed by atoms with E-state index >= 15 is 0 Å². The van der Waals surface area contributed by atoms with Crippen molar-refractivity contribution in [2.75, 3.05) is 18.5 Å². The second kappa shape index (κ2) is 8.27. The number of carbonyl (C=O) groups excluding carboxylic acids is 2. The summed E-state index contributed by atoms with van der Waals surface area (Å²) in [5, 5.41) is 5.23. The summed E-state index contributed by atoms with van der Waals surface area (Å²) >= 11 is 0. The summed E-state index contributed by atoms with van der Waals surface area (Å²) in [7, 11) is -4.16. The normalized spacial score (nSPS) is 26.6. The van der Waals surface area contributed by atoms with Gasteiger partial charge >= 0.3 is 6.03 Å². The predicted octanol–water partition coefficient (Wildman–Crippen LogP) is 2.19. The highest BCUT2D eigenvalue weighted by Crippen LogP contribution is 2.32. The molecule has 8 nitrogen and oxygen atoms in total. The first-order chi connectivity index (χ1) is 13.6. The number of amides is 3. The van der Waals surface area contributed by atoms with Crippen LogP contribution in [0.25, 0.3) is 0 Å². The van der Waals surface area contributed by atoms with Gasteiger partial charge in [0.1, 0.15) is 17.6 Å². The van der Waals surface area contributed by atoms with E-state index in [4.69, 9.17) is 4.74 Å². The predicted molar refractivity (Wildman–Crippen MR) is 105 cm³/mol. The number of hydrogen-bond acceptors (Lipinski definition) is 5. The van der Waals surface area contributed by atoms with Crippen LogP contribution in [0.1, 0.15) is 32.3 Å². The van der Waals surface area contributed by atoms with Crippen molar-refractivity contribution in [3.05, 3.63) is 23.8 Å². The lowest BCUT2D eigenvalue weighted by atomic mass is 9.95. The first-order valence-corrected chi connectivity index (χ1v) is 11.1. The molecule has 3 amide bonds. The molecular formula is C19H26FN3O5S. The summed E-state index contributed by atoms with van der Waals surface area (Å²) in [6, 6.07) is 3.51. The molecule has 29 heavy (non-hydrogen) atoms. The van der Waals surface area contributed by atoms with Gasteiger partial charge in [-0.1, -0.05) is 26.0 Å². The minimum absolute atomic E-state index is 0.0152. The summed E-state index contributed by atoms with van der Waals surface area (Å²) in [4.78, 5) is 24.8.